The number of nitrogens with zero attached hydrogens (tertiary/aromatic N) is 2. The van der Waals surface area contributed by atoms with Gasteiger partial charge in [-0.05, 0) is 45.2 Å². The number of hydrogen-bond donors (Lipinski definition) is 1. The largest absolute Gasteiger partial charge is 0.378 e. The number of ether oxygens (including phenoxy) is 1. The van der Waals surface area contributed by atoms with Crippen molar-refractivity contribution in [2.45, 2.75) is 53.6 Å². The summed E-state index contributed by atoms with van der Waals surface area (Å²) in [6, 6.07) is 8.55. The van der Waals surface area contributed by atoms with Crippen molar-refractivity contribution in [2.24, 2.45) is 0 Å². The quantitative estimate of drug-likeness (QED) is 0.825. The molecule has 1 amide bonds. The molecule has 3 rings (SSSR count). The highest BCUT2D eigenvalue weighted by Gasteiger charge is 2.27. The van der Waals surface area contributed by atoms with Gasteiger partial charge in [0.25, 0.3) is 5.91 Å². The molecule has 152 valence electrons. The van der Waals surface area contributed by atoms with Crippen molar-refractivity contribution in [1.82, 2.24) is 9.88 Å². The molecule has 0 aliphatic carbocycles. The Morgan fingerprint density at radius 2 is 1.86 bits per heavy atom. The predicted octanol–water partition coefficient (Wildman–Crippen LogP) is 3.83. The molecular formula is C23H33N3O2. The zero-order valence-corrected chi connectivity index (χ0v) is 17.8. The Morgan fingerprint density at radius 3 is 2.50 bits per heavy atom. The number of aromatic nitrogens is 1. The highest BCUT2D eigenvalue weighted by molar-refractivity contribution is 5.96. The van der Waals surface area contributed by atoms with E-state index in [1.807, 2.05) is 0 Å². The fourth-order valence-electron chi connectivity index (χ4n) is 3.98. The van der Waals surface area contributed by atoms with Crippen LogP contribution in [0.25, 0.3) is 0 Å². The van der Waals surface area contributed by atoms with E-state index in [1.54, 1.807) is 0 Å². The lowest BCUT2D eigenvalue weighted by atomic mass is 10.1. The minimum Gasteiger partial charge on any atom is -0.378 e. The van der Waals surface area contributed by atoms with E-state index in [4.69, 9.17) is 4.74 Å². The molecule has 5 heteroatoms. The normalized spacial score (nSPS) is 15.5. The van der Waals surface area contributed by atoms with Crippen molar-refractivity contribution >= 4 is 11.6 Å². The third-order valence-electron chi connectivity index (χ3n) is 5.85. The number of hydrogen-bond acceptors (Lipinski definition) is 3. The summed E-state index contributed by atoms with van der Waals surface area (Å²) in [5.74, 6) is 0.0167. The Kier molecular flexibility index (Phi) is 6.45. The van der Waals surface area contributed by atoms with Crippen LogP contribution in [-0.4, -0.2) is 42.8 Å². The predicted molar refractivity (Wildman–Crippen MR) is 114 cm³/mol. The van der Waals surface area contributed by atoms with Crippen LogP contribution in [0.15, 0.2) is 24.3 Å². The summed E-state index contributed by atoms with van der Waals surface area (Å²) in [7, 11) is 0. The van der Waals surface area contributed by atoms with E-state index in [1.165, 1.54) is 16.8 Å². The Morgan fingerprint density at radius 1 is 1.18 bits per heavy atom. The van der Waals surface area contributed by atoms with Crippen LogP contribution in [-0.2, 0) is 11.3 Å². The highest BCUT2D eigenvalue weighted by atomic mass is 16.5. The van der Waals surface area contributed by atoms with Gasteiger partial charge in [-0.15, -0.1) is 0 Å². The number of nitrogens with one attached hydrogen (secondary N) is 1. The van der Waals surface area contributed by atoms with Crippen LogP contribution in [0.3, 0.4) is 0 Å². The summed E-state index contributed by atoms with van der Waals surface area (Å²) in [6.45, 7) is 14.4. The van der Waals surface area contributed by atoms with Gasteiger partial charge in [-0.25, -0.2) is 0 Å². The molecule has 1 atom stereocenters. The van der Waals surface area contributed by atoms with Crippen molar-refractivity contribution in [1.29, 1.82) is 0 Å². The van der Waals surface area contributed by atoms with Gasteiger partial charge in [-0.2, -0.15) is 0 Å². The minimum absolute atomic E-state index is 0.0167. The van der Waals surface area contributed by atoms with Crippen LogP contribution in [0.1, 0.15) is 53.1 Å². The van der Waals surface area contributed by atoms with Crippen molar-refractivity contribution in [2.75, 3.05) is 31.2 Å². The lowest BCUT2D eigenvalue weighted by molar-refractivity contribution is 0.0929. The lowest BCUT2D eigenvalue weighted by Crippen LogP contribution is -2.37. The van der Waals surface area contributed by atoms with Crippen LogP contribution in [0.4, 0.5) is 5.69 Å². The second-order valence-corrected chi connectivity index (χ2v) is 7.80. The highest BCUT2D eigenvalue weighted by Crippen LogP contribution is 2.32. The van der Waals surface area contributed by atoms with Crippen LogP contribution < -0.4 is 10.2 Å². The zero-order valence-electron chi connectivity index (χ0n) is 17.8. The fraction of sp³-hybridized carbons (Fsp3) is 0.522. The van der Waals surface area contributed by atoms with Crippen molar-refractivity contribution in [3.63, 3.8) is 0 Å². The van der Waals surface area contributed by atoms with Gasteiger partial charge in [0.2, 0.25) is 0 Å². The molecule has 5 nitrogen and oxygen atoms in total. The van der Waals surface area contributed by atoms with Crippen molar-refractivity contribution in [3.8, 4) is 0 Å². The van der Waals surface area contributed by atoms with Crippen LogP contribution in [0.2, 0.25) is 0 Å². The van der Waals surface area contributed by atoms with Gasteiger partial charge in [0.15, 0.2) is 0 Å². The maximum atomic E-state index is 13.2. The monoisotopic (exact) mass is 383 g/mol. The molecule has 1 fully saturated rings. The van der Waals surface area contributed by atoms with E-state index in [2.05, 4.69) is 73.7 Å². The van der Waals surface area contributed by atoms with Gasteiger partial charge in [-0.3, -0.25) is 4.79 Å². The van der Waals surface area contributed by atoms with E-state index >= 15 is 0 Å². The SMILES string of the molecule is CC[C@@H](C)NC(=O)c1c(C)c(N2CCOCC2)c(C)n1Cc1ccccc1C. The average Bonchev–Trinajstić information content (AvgIpc) is 2.94. The van der Waals surface area contributed by atoms with Gasteiger partial charge in [0.1, 0.15) is 5.69 Å². The van der Waals surface area contributed by atoms with Gasteiger partial charge >= 0.3 is 0 Å². The average molecular weight is 384 g/mol. The first-order chi connectivity index (χ1) is 13.4. The Balaban J connectivity index is 2.06. The first-order valence-electron chi connectivity index (χ1n) is 10.3. The van der Waals surface area contributed by atoms with Gasteiger partial charge in [0.05, 0.1) is 18.9 Å². The molecule has 28 heavy (non-hydrogen) atoms. The molecule has 0 radical (unpaired) electrons. The third kappa shape index (κ3) is 4.09. The molecule has 1 aromatic carbocycles. The number of carbonyl (C=O) groups excluding carboxylic acids is 1. The second kappa shape index (κ2) is 8.82. The molecule has 1 saturated heterocycles. The standard InChI is InChI=1S/C23H33N3O2/c1-6-17(3)24-23(27)22-18(4)21(25-11-13-28-14-12-25)19(5)26(22)15-20-10-8-7-9-16(20)2/h7-10,17H,6,11-15H2,1-5H3,(H,24,27)/t17-/m1/s1. The second-order valence-electron chi connectivity index (χ2n) is 7.80. The molecule has 1 aromatic heterocycles. The summed E-state index contributed by atoms with van der Waals surface area (Å²) in [6.07, 6.45) is 0.915. The molecule has 1 N–H and O–H groups in total. The van der Waals surface area contributed by atoms with E-state index in [9.17, 15) is 4.79 Å². The first-order valence-corrected chi connectivity index (χ1v) is 10.3. The van der Waals surface area contributed by atoms with E-state index in [-0.39, 0.29) is 11.9 Å². The van der Waals surface area contributed by atoms with Crippen molar-refractivity contribution in [3.05, 3.63) is 52.3 Å². The van der Waals surface area contributed by atoms with Crippen molar-refractivity contribution < 1.29 is 9.53 Å². The number of amides is 1. The van der Waals surface area contributed by atoms with E-state index in [0.29, 0.717) is 6.54 Å². The molecular weight excluding hydrogens is 350 g/mol. The van der Waals surface area contributed by atoms with E-state index < -0.39 is 0 Å². The summed E-state index contributed by atoms with van der Waals surface area (Å²) in [5.41, 5.74) is 6.67. The van der Waals surface area contributed by atoms with Crippen LogP contribution in [0, 0.1) is 20.8 Å². The molecule has 2 heterocycles. The molecule has 0 unspecified atom stereocenters. The molecule has 0 saturated carbocycles. The molecule has 1 aliphatic heterocycles. The Bertz CT molecular complexity index is 835. The topological polar surface area (TPSA) is 46.5 Å². The molecule has 1 aliphatic rings. The van der Waals surface area contributed by atoms with Gasteiger partial charge < -0.3 is 19.5 Å². The Hall–Kier alpha value is -2.27. The van der Waals surface area contributed by atoms with Crippen LogP contribution >= 0.6 is 0 Å². The summed E-state index contributed by atoms with van der Waals surface area (Å²) in [4.78, 5) is 15.6. The third-order valence-corrected chi connectivity index (χ3v) is 5.85. The van der Waals surface area contributed by atoms with Crippen LogP contribution in [0.5, 0.6) is 0 Å². The molecule has 0 spiro atoms. The van der Waals surface area contributed by atoms with Gasteiger partial charge in [0, 0.05) is 36.9 Å². The minimum atomic E-state index is 0.0167. The maximum absolute atomic E-state index is 13.2. The Labute approximate surface area is 168 Å². The number of anilines is 1. The fourth-order valence-corrected chi connectivity index (χ4v) is 3.98. The number of carbonyl (C=O) groups is 1. The maximum Gasteiger partial charge on any atom is 0.268 e. The number of rotatable bonds is 6. The summed E-state index contributed by atoms with van der Waals surface area (Å²) >= 11 is 0. The molecule has 2 aromatic rings. The number of aryl methyl sites for hydroxylation is 1. The molecule has 0 bridgehead atoms. The number of benzene rings is 1. The lowest BCUT2D eigenvalue weighted by Gasteiger charge is -2.29. The zero-order chi connectivity index (χ0) is 20.3. The van der Waals surface area contributed by atoms with E-state index in [0.717, 1.165) is 49.7 Å². The first kappa shape index (κ1) is 20.5. The summed E-state index contributed by atoms with van der Waals surface area (Å²) < 4.78 is 7.73. The number of morpholine rings is 1. The van der Waals surface area contributed by atoms with Gasteiger partial charge in [-0.1, -0.05) is 31.2 Å². The smallest absolute Gasteiger partial charge is 0.268 e. The summed E-state index contributed by atoms with van der Waals surface area (Å²) in [5, 5.41) is 3.17.